The molecule has 21 heavy (non-hydrogen) atoms. The number of nitrogens with zero attached hydrogens (tertiary/aromatic N) is 2. The van der Waals surface area contributed by atoms with Crippen molar-refractivity contribution in [2.75, 3.05) is 17.7 Å². The van der Waals surface area contributed by atoms with Gasteiger partial charge in [-0.15, -0.1) is 0 Å². The molecular weight excluding hydrogens is 260 g/mol. The second kappa shape index (κ2) is 7.62. The summed E-state index contributed by atoms with van der Waals surface area (Å²) in [6.45, 7) is 4.26. The second-order valence-electron chi connectivity index (χ2n) is 5.23. The minimum Gasteiger partial charge on any atom is -0.373 e. The Bertz CT molecular complexity index is 532. The fourth-order valence-corrected chi connectivity index (χ4v) is 2.21. The number of nitrogens with one attached hydrogen (secondary N) is 2. The van der Waals surface area contributed by atoms with Crippen molar-refractivity contribution in [3.8, 4) is 0 Å². The lowest BCUT2D eigenvalue weighted by Crippen LogP contribution is -2.18. The standard InChI is InChI=1S/C17H24N4/c1-4-15-20-16(18-3)12-17(21-15)19-13(2)10-11-14-8-6-5-7-9-14/h5-9,12-13H,4,10-11H2,1-3H3,(H2,18,19,20,21). The van der Waals surface area contributed by atoms with E-state index in [0.29, 0.717) is 6.04 Å². The van der Waals surface area contributed by atoms with Gasteiger partial charge in [-0.05, 0) is 25.3 Å². The second-order valence-corrected chi connectivity index (χ2v) is 5.23. The molecule has 2 rings (SSSR count). The zero-order valence-corrected chi connectivity index (χ0v) is 13.1. The van der Waals surface area contributed by atoms with E-state index in [1.54, 1.807) is 0 Å². The van der Waals surface area contributed by atoms with E-state index in [1.807, 2.05) is 13.1 Å². The maximum Gasteiger partial charge on any atom is 0.132 e. The molecule has 1 unspecified atom stereocenters. The van der Waals surface area contributed by atoms with E-state index in [2.05, 4.69) is 64.8 Å². The van der Waals surface area contributed by atoms with E-state index >= 15 is 0 Å². The Morgan fingerprint density at radius 1 is 1.10 bits per heavy atom. The lowest BCUT2D eigenvalue weighted by atomic mass is 10.1. The monoisotopic (exact) mass is 284 g/mol. The van der Waals surface area contributed by atoms with Gasteiger partial charge in [-0.1, -0.05) is 37.3 Å². The highest BCUT2D eigenvalue weighted by Crippen LogP contribution is 2.14. The van der Waals surface area contributed by atoms with Gasteiger partial charge in [-0.2, -0.15) is 0 Å². The van der Waals surface area contributed by atoms with Crippen molar-refractivity contribution < 1.29 is 0 Å². The Morgan fingerprint density at radius 2 is 1.81 bits per heavy atom. The Morgan fingerprint density at radius 3 is 2.48 bits per heavy atom. The molecule has 0 saturated heterocycles. The fraction of sp³-hybridized carbons (Fsp3) is 0.412. The van der Waals surface area contributed by atoms with Gasteiger partial charge in [-0.25, -0.2) is 9.97 Å². The molecule has 2 N–H and O–H groups in total. The molecule has 0 saturated carbocycles. The number of rotatable bonds is 7. The van der Waals surface area contributed by atoms with Crippen LogP contribution in [0.3, 0.4) is 0 Å². The van der Waals surface area contributed by atoms with Crippen LogP contribution in [0.2, 0.25) is 0 Å². The zero-order chi connectivity index (χ0) is 15.1. The Hall–Kier alpha value is -2.10. The topological polar surface area (TPSA) is 49.8 Å². The highest BCUT2D eigenvalue weighted by molar-refractivity contribution is 5.47. The van der Waals surface area contributed by atoms with Crippen molar-refractivity contribution in [1.29, 1.82) is 0 Å². The number of aryl methyl sites for hydroxylation is 2. The molecule has 0 aliphatic carbocycles. The van der Waals surface area contributed by atoms with E-state index in [0.717, 1.165) is 36.7 Å². The van der Waals surface area contributed by atoms with Crippen molar-refractivity contribution >= 4 is 11.6 Å². The van der Waals surface area contributed by atoms with E-state index < -0.39 is 0 Å². The summed E-state index contributed by atoms with van der Waals surface area (Å²) >= 11 is 0. The molecule has 1 aromatic carbocycles. The average Bonchev–Trinajstić information content (AvgIpc) is 2.53. The molecule has 0 aliphatic heterocycles. The van der Waals surface area contributed by atoms with Crippen molar-refractivity contribution in [3.05, 3.63) is 47.8 Å². The maximum atomic E-state index is 4.53. The van der Waals surface area contributed by atoms with E-state index in [4.69, 9.17) is 0 Å². The first-order chi connectivity index (χ1) is 10.2. The van der Waals surface area contributed by atoms with E-state index in [1.165, 1.54) is 5.56 Å². The molecule has 0 fully saturated rings. The van der Waals surface area contributed by atoms with Crippen LogP contribution in [-0.2, 0) is 12.8 Å². The minimum atomic E-state index is 0.370. The predicted molar refractivity (Wildman–Crippen MR) is 88.8 cm³/mol. The van der Waals surface area contributed by atoms with Crippen molar-refractivity contribution in [1.82, 2.24) is 9.97 Å². The number of hydrogen-bond donors (Lipinski definition) is 2. The van der Waals surface area contributed by atoms with Crippen LogP contribution >= 0.6 is 0 Å². The van der Waals surface area contributed by atoms with Crippen LogP contribution in [0, 0.1) is 0 Å². The third kappa shape index (κ3) is 4.74. The zero-order valence-electron chi connectivity index (χ0n) is 13.1. The summed E-state index contributed by atoms with van der Waals surface area (Å²) in [5, 5.41) is 6.55. The molecule has 2 aromatic rings. The summed E-state index contributed by atoms with van der Waals surface area (Å²) in [6, 6.07) is 12.9. The van der Waals surface area contributed by atoms with Gasteiger partial charge < -0.3 is 10.6 Å². The summed E-state index contributed by atoms with van der Waals surface area (Å²) in [7, 11) is 1.88. The van der Waals surface area contributed by atoms with Crippen molar-refractivity contribution in [3.63, 3.8) is 0 Å². The molecule has 4 nitrogen and oxygen atoms in total. The lowest BCUT2D eigenvalue weighted by molar-refractivity contribution is 0.701. The summed E-state index contributed by atoms with van der Waals surface area (Å²) in [4.78, 5) is 8.94. The summed E-state index contributed by atoms with van der Waals surface area (Å²) in [5.41, 5.74) is 1.37. The molecule has 0 bridgehead atoms. The van der Waals surface area contributed by atoms with Gasteiger partial charge in [-0.3, -0.25) is 0 Å². The van der Waals surface area contributed by atoms with Gasteiger partial charge in [0.2, 0.25) is 0 Å². The highest BCUT2D eigenvalue weighted by Gasteiger charge is 2.07. The first kappa shape index (κ1) is 15.3. The molecule has 1 atom stereocenters. The van der Waals surface area contributed by atoms with Gasteiger partial charge in [0.1, 0.15) is 17.5 Å². The molecule has 112 valence electrons. The third-order valence-corrected chi connectivity index (χ3v) is 3.45. The van der Waals surface area contributed by atoms with Gasteiger partial charge in [0.05, 0.1) is 0 Å². The van der Waals surface area contributed by atoms with Crippen molar-refractivity contribution in [2.24, 2.45) is 0 Å². The molecule has 4 heteroatoms. The normalized spacial score (nSPS) is 12.0. The summed E-state index contributed by atoms with van der Waals surface area (Å²) in [5.74, 6) is 2.62. The SMILES string of the molecule is CCc1nc(NC)cc(NC(C)CCc2ccccc2)n1. The molecule has 1 heterocycles. The van der Waals surface area contributed by atoms with Crippen LogP contribution in [0.1, 0.15) is 31.7 Å². The molecule has 0 aliphatic rings. The van der Waals surface area contributed by atoms with Gasteiger partial charge in [0, 0.05) is 25.6 Å². The van der Waals surface area contributed by atoms with Crippen LogP contribution in [0.15, 0.2) is 36.4 Å². The van der Waals surface area contributed by atoms with Gasteiger partial charge in [0.15, 0.2) is 0 Å². The number of anilines is 2. The van der Waals surface area contributed by atoms with Crippen LogP contribution in [0.4, 0.5) is 11.6 Å². The Balaban J connectivity index is 1.94. The molecule has 0 spiro atoms. The molecular formula is C17H24N4. The van der Waals surface area contributed by atoms with E-state index in [9.17, 15) is 0 Å². The molecule has 0 amide bonds. The van der Waals surface area contributed by atoms with Crippen LogP contribution < -0.4 is 10.6 Å². The third-order valence-electron chi connectivity index (χ3n) is 3.45. The quantitative estimate of drug-likeness (QED) is 0.817. The first-order valence-electron chi connectivity index (χ1n) is 7.57. The summed E-state index contributed by atoms with van der Waals surface area (Å²) in [6.07, 6.45) is 2.98. The van der Waals surface area contributed by atoms with Crippen LogP contribution in [-0.4, -0.2) is 23.1 Å². The smallest absolute Gasteiger partial charge is 0.132 e. The number of hydrogen-bond acceptors (Lipinski definition) is 4. The number of aromatic nitrogens is 2. The average molecular weight is 284 g/mol. The Labute approximate surface area is 127 Å². The van der Waals surface area contributed by atoms with Crippen LogP contribution in [0.25, 0.3) is 0 Å². The fourth-order valence-electron chi connectivity index (χ4n) is 2.21. The van der Waals surface area contributed by atoms with E-state index in [-0.39, 0.29) is 0 Å². The lowest BCUT2D eigenvalue weighted by Gasteiger charge is -2.15. The highest BCUT2D eigenvalue weighted by atomic mass is 15.1. The predicted octanol–water partition coefficient (Wildman–Crippen LogP) is 3.51. The number of benzene rings is 1. The first-order valence-corrected chi connectivity index (χ1v) is 7.57. The summed E-state index contributed by atoms with van der Waals surface area (Å²) < 4.78 is 0. The maximum absolute atomic E-state index is 4.53. The Kier molecular flexibility index (Phi) is 5.55. The minimum absolute atomic E-state index is 0.370. The van der Waals surface area contributed by atoms with Gasteiger partial charge in [0.25, 0.3) is 0 Å². The van der Waals surface area contributed by atoms with Gasteiger partial charge >= 0.3 is 0 Å². The van der Waals surface area contributed by atoms with Crippen LogP contribution in [0.5, 0.6) is 0 Å². The van der Waals surface area contributed by atoms with Crippen molar-refractivity contribution in [2.45, 2.75) is 39.2 Å². The molecule has 1 aromatic heterocycles. The largest absolute Gasteiger partial charge is 0.373 e. The molecule has 0 radical (unpaired) electrons.